The number of para-hydroxylation sites is 1. The maximum atomic E-state index is 12.6. The van der Waals surface area contributed by atoms with Crippen LogP contribution in [0.4, 0.5) is 5.82 Å². The molecule has 4 nitrogen and oxygen atoms in total. The van der Waals surface area contributed by atoms with Crippen molar-refractivity contribution >= 4 is 22.6 Å². The van der Waals surface area contributed by atoms with E-state index in [4.69, 9.17) is 0 Å². The van der Waals surface area contributed by atoms with Gasteiger partial charge in [0.2, 0.25) is 0 Å². The zero-order chi connectivity index (χ0) is 14.8. The average Bonchev–Trinajstić information content (AvgIpc) is 3.25. The van der Waals surface area contributed by atoms with E-state index < -0.39 is 0 Å². The Morgan fingerprint density at radius 3 is 2.86 bits per heavy atom. The van der Waals surface area contributed by atoms with Crippen molar-refractivity contribution in [1.82, 2.24) is 10.3 Å². The number of pyridine rings is 1. The van der Waals surface area contributed by atoms with Crippen LogP contribution < -0.4 is 10.6 Å². The standard InChI is InChI=1S/C17H21N3O/c1-3-11-9-15(11)20-17(21)13-10-16(18-4-2)19-14-8-6-5-7-12(13)14/h5-8,10-11,15H,3-4,9H2,1-2H3,(H,18,19)(H,20,21). The number of nitrogens with zero attached hydrogens (tertiary/aromatic N) is 1. The van der Waals surface area contributed by atoms with Crippen molar-refractivity contribution < 1.29 is 4.79 Å². The zero-order valence-corrected chi connectivity index (χ0v) is 12.5. The van der Waals surface area contributed by atoms with Gasteiger partial charge in [-0.2, -0.15) is 0 Å². The molecule has 2 unspecified atom stereocenters. The van der Waals surface area contributed by atoms with E-state index in [0.29, 0.717) is 17.5 Å². The molecular formula is C17H21N3O. The summed E-state index contributed by atoms with van der Waals surface area (Å²) in [5.74, 6) is 1.41. The minimum absolute atomic E-state index is 0.00806. The molecule has 0 saturated heterocycles. The molecule has 2 aromatic rings. The third-order valence-corrected chi connectivity index (χ3v) is 4.08. The number of hydrogen-bond donors (Lipinski definition) is 2. The van der Waals surface area contributed by atoms with Crippen molar-refractivity contribution in [3.63, 3.8) is 0 Å². The minimum atomic E-state index is 0.00806. The highest BCUT2D eigenvalue weighted by atomic mass is 16.1. The zero-order valence-electron chi connectivity index (χ0n) is 12.5. The molecule has 1 heterocycles. The molecule has 1 aliphatic carbocycles. The van der Waals surface area contributed by atoms with E-state index in [1.165, 1.54) is 0 Å². The van der Waals surface area contributed by atoms with Crippen LogP contribution in [0.1, 0.15) is 37.0 Å². The van der Waals surface area contributed by atoms with Crippen molar-refractivity contribution in [3.05, 3.63) is 35.9 Å². The van der Waals surface area contributed by atoms with Gasteiger partial charge in [-0.25, -0.2) is 4.98 Å². The fourth-order valence-corrected chi connectivity index (χ4v) is 2.76. The quantitative estimate of drug-likeness (QED) is 0.886. The van der Waals surface area contributed by atoms with Crippen LogP contribution in [0.3, 0.4) is 0 Å². The first kappa shape index (κ1) is 13.9. The summed E-state index contributed by atoms with van der Waals surface area (Å²) in [5.41, 5.74) is 1.56. The molecule has 3 rings (SSSR count). The summed E-state index contributed by atoms with van der Waals surface area (Å²) in [7, 11) is 0. The molecule has 0 spiro atoms. The third kappa shape index (κ3) is 2.84. The van der Waals surface area contributed by atoms with E-state index in [2.05, 4.69) is 22.5 Å². The van der Waals surface area contributed by atoms with Gasteiger partial charge in [0.1, 0.15) is 5.82 Å². The number of benzene rings is 1. The van der Waals surface area contributed by atoms with E-state index in [0.717, 1.165) is 36.1 Å². The van der Waals surface area contributed by atoms with Crippen molar-refractivity contribution in [2.24, 2.45) is 5.92 Å². The second-order valence-corrected chi connectivity index (χ2v) is 5.59. The normalized spacial score (nSPS) is 20.3. The van der Waals surface area contributed by atoms with Crippen LogP contribution in [0, 0.1) is 5.92 Å². The van der Waals surface area contributed by atoms with E-state index in [1.54, 1.807) is 0 Å². The second kappa shape index (κ2) is 5.72. The van der Waals surface area contributed by atoms with Gasteiger partial charge in [0.25, 0.3) is 5.91 Å². The summed E-state index contributed by atoms with van der Waals surface area (Å²) in [6, 6.07) is 9.98. The number of aromatic nitrogens is 1. The molecule has 21 heavy (non-hydrogen) atoms. The van der Waals surface area contributed by atoms with Crippen LogP contribution in [0.2, 0.25) is 0 Å². The van der Waals surface area contributed by atoms with Crippen molar-refractivity contribution in [3.8, 4) is 0 Å². The van der Waals surface area contributed by atoms with Gasteiger partial charge in [-0.1, -0.05) is 31.5 Å². The molecule has 110 valence electrons. The van der Waals surface area contributed by atoms with Crippen LogP contribution in [0.25, 0.3) is 10.9 Å². The minimum Gasteiger partial charge on any atom is -0.370 e. The van der Waals surface area contributed by atoms with Crippen molar-refractivity contribution in [1.29, 1.82) is 0 Å². The lowest BCUT2D eigenvalue weighted by Crippen LogP contribution is -2.27. The first-order valence-electron chi connectivity index (χ1n) is 7.67. The van der Waals surface area contributed by atoms with Gasteiger partial charge in [-0.3, -0.25) is 4.79 Å². The topological polar surface area (TPSA) is 54.0 Å². The molecule has 1 saturated carbocycles. The van der Waals surface area contributed by atoms with Crippen LogP contribution >= 0.6 is 0 Å². The molecule has 1 aliphatic rings. The first-order chi connectivity index (χ1) is 10.2. The van der Waals surface area contributed by atoms with E-state index in [-0.39, 0.29) is 5.91 Å². The van der Waals surface area contributed by atoms with E-state index in [9.17, 15) is 4.79 Å². The number of carbonyl (C=O) groups is 1. The summed E-state index contributed by atoms with van der Waals surface area (Å²) in [5, 5.41) is 7.24. The Morgan fingerprint density at radius 1 is 1.33 bits per heavy atom. The van der Waals surface area contributed by atoms with Gasteiger partial charge in [0, 0.05) is 18.0 Å². The van der Waals surface area contributed by atoms with Crippen LogP contribution in [0.15, 0.2) is 30.3 Å². The number of carbonyl (C=O) groups excluding carboxylic acids is 1. The molecule has 1 fully saturated rings. The molecule has 1 aromatic heterocycles. The molecule has 4 heteroatoms. The van der Waals surface area contributed by atoms with Gasteiger partial charge in [0.05, 0.1) is 11.1 Å². The molecule has 2 N–H and O–H groups in total. The van der Waals surface area contributed by atoms with Crippen LogP contribution in [0.5, 0.6) is 0 Å². The number of nitrogens with one attached hydrogen (secondary N) is 2. The average molecular weight is 283 g/mol. The lowest BCUT2D eigenvalue weighted by atomic mass is 10.1. The highest BCUT2D eigenvalue weighted by Gasteiger charge is 2.36. The Kier molecular flexibility index (Phi) is 3.78. The van der Waals surface area contributed by atoms with Gasteiger partial charge in [0.15, 0.2) is 0 Å². The Bertz CT molecular complexity index is 668. The summed E-state index contributed by atoms with van der Waals surface area (Å²) < 4.78 is 0. The van der Waals surface area contributed by atoms with Crippen LogP contribution in [-0.2, 0) is 0 Å². The van der Waals surface area contributed by atoms with Crippen molar-refractivity contribution in [2.75, 3.05) is 11.9 Å². The predicted octanol–water partition coefficient (Wildman–Crippen LogP) is 3.19. The SMILES string of the molecule is CCNc1cc(C(=O)NC2CC2CC)c2ccccc2n1. The molecule has 1 aromatic carbocycles. The molecule has 0 bridgehead atoms. The van der Waals surface area contributed by atoms with E-state index >= 15 is 0 Å². The highest BCUT2D eigenvalue weighted by molar-refractivity contribution is 6.07. The Morgan fingerprint density at radius 2 is 2.14 bits per heavy atom. The molecule has 0 radical (unpaired) electrons. The Hall–Kier alpha value is -2.10. The number of rotatable bonds is 5. The molecule has 2 atom stereocenters. The number of anilines is 1. The highest BCUT2D eigenvalue weighted by Crippen LogP contribution is 2.33. The van der Waals surface area contributed by atoms with Crippen LogP contribution in [-0.4, -0.2) is 23.5 Å². The van der Waals surface area contributed by atoms with Gasteiger partial charge < -0.3 is 10.6 Å². The summed E-state index contributed by atoms with van der Waals surface area (Å²) >= 11 is 0. The van der Waals surface area contributed by atoms with Gasteiger partial charge in [-0.15, -0.1) is 0 Å². The number of hydrogen-bond acceptors (Lipinski definition) is 3. The smallest absolute Gasteiger partial charge is 0.252 e. The fourth-order valence-electron chi connectivity index (χ4n) is 2.76. The summed E-state index contributed by atoms with van der Waals surface area (Å²) in [6.07, 6.45) is 2.23. The monoisotopic (exact) mass is 283 g/mol. The lowest BCUT2D eigenvalue weighted by molar-refractivity contribution is 0.0950. The largest absolute Gasteiger partial charge is 0.370 e. The summed E-state index contributed by atoms with van der Waals surface area (Å²) in [4.78, 5) is 17.1. The fraction of sp³-hybridized carbons (Fsp3) is 0.412. The Labute approximate surface area is 125 Å². The number of amides is 1. The van der Waals surface area contributed by atoms with Crippen molar-refractivity contribution in [2.45, 2.75) is 32.7 Å². The predicted molar refractivity (Wildman–Crippen MR) is 85.6 cm³/mol. The first-order valence-corrected chi connectivity index (χ1v) is 7.67. The van der Waals surface area contributed by atoms with Gasteiger partial charge >= 0.3 is 0 Å². The van der Waals surface area contributed by atoms with E-state index in [1.807, 2.05) is 37.3 Å². The maximum Gasteiger partial charge on any atom is 0.252 e. The molecule has 1 amide bonds. The molecular weight excluding hydrogens is 262 g/mol. The Balaban J connectivity index is 1.93. The second-order valence-electron chi connectivity index (χ2n) is 5.59. The molecule has 0 aliphatic heterocycles. The summed E-state index contributed by atoms with van der Waals surface area (Å²) in [6.45, 7) is 4.97. The lowest BCUT2D eigenvalue weighted by Gasteiger charge is -2.10. The van der Waals surface area contributed by atoms with Gasteiger partial charge in [-0.05, 0) is 31.4 Å². The number of fused-ring (bicyclic) bond motifs is 1. The maximum absolute atomic E-state index is 12.6. The third-order valence-electron chi connectivity index (χ3n) is 4.08.